The van der Waals surface area contributed by atoms with Crippen molar-refractivity contribution >= 4 is 11.6 Å². The van der Waals surface area contributed by atoms with E-state index in [1.807, 2.05) is 25.2 Å². The van der Waals surface area contributed by atoms with Crippen molar-refractivity contribution in [3.05, 3.63) is 53.3 Å². The second-order valence-corrected chi connectivity index (χ2v) is 7.72. The predicted molar refractivity (Wildman–Crippen MR) is 106 cm³/mol. The maximum Gasteiger partial charge on any atom is 0.228 e. The first-order valence-corrected chi connectivity index (χ1v) is 9.59. The number of likely N-dealkylation sites (tertiary alicyclic amines) is 1. The van der Waals surface area contributed by atoms with Crippen LogP contribution in [0.15, 0.2) is 36.4 Å². The Balaban J connectivity index is 1.66. The molecule has 1 atom stereocenters. The summed E-state index contributed by atoms with van der Waals surface area (Å²) in [6.45, 7) is 2.79. The molecule has 1 amide bonds. The zero-order chi connectivity index (χ0) is 19.7. The smallest absolute Gasteiger partial charge is 0.228 e. The van der Waals surface area contributed by atoms with E-state index in [4.69, 9.17) is 0 Å². The Bertz CT molecular complexity index is 952. The Hall–Kier alpha value is -2.91. The third-order valence-corrected chi connectivity index (χ3v) is 5.59. The molecule has 1 saturated heterocycles. The minimum atomic E-state index is -0.305. The van der Waals surface area contributed by atoms with Crippen molar-refractivity contribution in [2.75, 3.05) is 25.5 Å². The van der Waals surface area contributed by atoms with Crippen molar-refractivity contribution in [2.45, 2.75) is 25.9 Å². The van der Waals surface area contributed by atoms with Gasteiger partial charge in [0.2, 0.25) is 5.91 Å². The summed E-state index contributed by atoms with van der Waals surface area (Å²) in [6.07, 6.45) is 4.09. The van der Waals surface area contributed by atoms with E-state index < -0.39 is 0 Å². The number of amides is 1. The van der Waals surface area contributed by atoms with Gasteiger partial charge in [-0.1, -0.05) is 12.1 Å². The fourth-order valence-electron chi connectivity index (χ4n) is 4.19. The fraction of sp³-hybridized carbons (Fsp3) is 0.364. The molecule has 0 spiro atoms. The summed E-state index contributed by atoms with van der Waals surface area (Å²) in [6, 6.07) is 10.3. The molecule has 0 aliphatic carbocycles. The number of halogens is 1. The van der Waals surface area contributed by atoms with Crippen LogP contribution in [0.2, 0.25) is 0 Å². The van der Waals surface area contributed by atoms with E-state index in [1.54, 1.807) is 11.0 Å². The molecular weight excluding hydrogens is 355 g/mol. The topological polar surface area (TPSA) is 59.4 Å². The fourth-order valence-corrected chi connectivity index (χ4v) is 4.19. The van der Waals surface area contributed by atoms with Gasteiger partial charge in [0.05, 0.1) is 19.0 Å². The molecular formula is C22H23FN4O. The van der Waals surface area contributed by atoms with E-state index in [9.17, 15) is 14.4 Å². The van der Waals surface area contributed by atoms with Crippen LogP contribution in [-0.4, -0.2) is 35.8 Å². The molecule has 2 aliphatic heterocycles. The van der Waals surface area contributed by atoms with E-state index >= 15 is 0 Å². The second kappa shape index (κ2) is 7.61. The lowest BCUT2D eigenvalue weighted by Gasteiger charge is -2.28. The van der Waals surface area contributed by atoms with Crippen LogP contribution in [0.25, 0.3) is 11.1 Å². The van der Waals surface area contributed by atoms with Gasteiger partial charge in [-0.2, -0.15) is 5.26 Å². The van der Waals surface area contributed by atoms with Crippen molar-refractivity contribution in [2.24, 2.45) is 5.92 Å². The first-order valence-electron chi connectivity index (χ1n) is 9.59. The number of benzene rings is 2. The molecule has 28 heavy (non-hydrogen) atoms. The summed E-state index contributed by atoms with van der Waals surface area (Å²) in [5, 5.41) is 12.4. The van der Waals surface area contributed by atoms with Gasteiger partial charge in [0.1, 0.15) is 5.82 Å². The van der Waals surface area contributed by atoms with E-state index in [1.165, 1.54) is 12.1 Å². The van der Waals surface area contributed by atoms with Gasteiger partial charge >= 0.3 is 0 Å². The second-order valence-electron chi connectivity index (χ2n) is 7.72. The summed E-state index contributed by atoms with van der Waals surface area (Å²) in [7, 11) is 2.04. The third-order valence-electron chi connectivity index (χ3n) is 5.59. The van der Waals surface area contributed by atoms with Gasteiger partial charge in [0.25, 0.3) is 0 Å². The molecule has 1 N–H and O–H groups in total. The lowest BCUT2D eigenvalue weighted by atomic mass is 9.95. The zero-order valence-corrected chi connectivity index (χ0v) is 15.9. The molecule has 0 saturated carbocycles. The molecule has 4 rings (SSSR count). The standard InChI is InChI=1S/C22H23FN4O/c1-26-7-3-5-16(11-26)22(28)25-19-9-17-12-27(14-24)13-21(17)20(10-19)15-4-2-6-18(23)8-15/h2,4,6,8-10,16H,3,5,7,11-13H2,1H3,(H,25,28). The number of anilines is 1. The number of nitrogens with zero attached hydrogens (tertiary/aromatic N) is 3. The number of rotatable bonds is 3. The third kappa shape index (κ3) is 3.71. The number of piperidine rings is 1. The Morgan fingerprint density at radius 2 is 2.14 bits per heavy atom. The largest absolute Gasteiger partial charge is 0.326 e. The van der Waals surface area contributed by atoms with Crippen LogP contribution in [0.3, 0.4) is 0 Å². The number of hydrogen-bond acceptors (Lipinski definition) is 4. The molecule has 0 aromatic heterocycles. The van der Waals surface area contributed by atoms with E-state index in [0.29, 0.717) is 18.8 Å². The van der Waals surface area contributed by atoms with Crippen LogP contribution in [0.1, 0.15) is 24.0 Å². The highest BCUT2D eigenvalue weighted by Crippen LogP contribution is 2.36. The maximum atomic E-state index is 13.8. The average Bonchev–Trinajstić information content (AvgIpc) is 3.10. The van der Waals surface area contributed by atoms with Gasteiger partial charge in [-0.15, -0.1) is 0 Å². The molecule has 5 nitrogen and oxygen atoms in total. The lowest BCUT2D eigenvalue weighted by Crippen LogP contribution is -2.38. The van der Waals surface area contributed by atoms with Crippen molar-refractivity contribution in [1.29, 1.82) is 5.26 Å². The number of nitrogens with one attached hydrogen (secondary N) is 1. The van der Waals surface area contributed by atoms with E-state index in [2.05, 4.69) is 16.4 Å². The quantitative estimate of drug-likeness (QED) is 0.830. The molecule has 1 fully saturated rings. The molecule has 2 heterocycles. The summed E-state index contributed by atoms with van der Waals surface area (Å²) >= 11 is 0. The first kappa shape index (κ1) is 18.5. The number of nitriles is 1. The number of carbonyl (C=O) groups excluding carboxylic acids is 1. The molecule has 0 radical (unpaired) electrons. The molecule has 2 aliphatic rings. The van der Waals surface area contributed by atoms with Crippen molar-refractivity contribution in [3.63, 3.8) is 0 Å². The molecule has 0 bridgehead atoms. The van der Waals surface area contributed by atoms with Gasteiger partial charge in [-0.05, 0) is 73.0 Å². The van der Waals surface area contributed by atoms with Gasteiger partial charge in [0.15, 0.2) is 6.19 Å². The number of fused-ring (bicyclic) bond motifs is 1. The average molecular weight is 378 g/mol. The monoisotopic (exact) mass is 378 g/mol. The highest BCUT2D eigenvalue weighted by atomic mass is 19.1. The van der Waals surface area contributed by atoms with Crippen LogP contribution in [0, 0.1) is 23.2 Å². The van der Waals surface area contributed by atoms with Crippen LogP contribution in [0.4, 0.5) is 10.1 Å². The molecule has 2 aromatic rings. The van der Waals surface area contributed by atoms with E-state index in [-0.39, 0.29) is 17.6 Å². The Kier molecular flexibility index (Phi) is 5.01. The molecule has 6 heteroatoms. The van der Waals surface area contributed by atoms with Crippen LogP contribution in [-0.2, 0) is 17.9 Å². The van der Waals surface area contributed by atoms with Crippen LogP contribution < -0.4 is 5.32 Å². The zero-order valence-electron chi connectivity index (χ0n) is 15.9. The lowest BCUT2D eigenvalue weighted by molar-refractivity contribution is -0.121. The number of hydrogen-bond donors (Lipinski definition) is 1. The maximum absolute atomic E-state index is 13.8. The molecule has 144 valence electrons. The highest BCUT2D eigenvalue weighted by Gasteiger charge is 2.26. The van der Waals surface area contributed by atoms with Gasteiger partial charge in [-0.3, -0.25) is 4.79 Å². The molecule has 1 unspecified atom stereocenters. The summed E-state index contributed by atoms with van der Waals surface area (Å²) in [4.78, 5) is 16.6. The van der Waals surface area contributed by atoms with Gasteiger partial charge in [0, 0.05) is 12.2 Å². The Morgan fingerprint density at radius 3 is 2.89 bits per heavy atom. The summed E-state index contributed by atoms with van der Waals surface area (Å²) in [5.74, 6) is -0.312. The van der Waals surface area contributed by atoms with Gasteiger partial charge in [-0.25, -0.2) is 4.39 Å². The molecule has 2 aromatic carbocycles. The van der Waals surface area contributed by atoms with Gasteiger partial charge < -0.3 is 15.1 Å². The van der Waals surface area contributed by atoms with Crippen molar-refractivity contribution < 1.29 is 9.18 Å². The highest BCUT2D eigenvalue weighted by molar-refractivity contribution is 5.94. The number of carbonyl (C=O) groups is 1. The minimum absolute atomic E-state index is 0.0202. The normalized spacial score (nSPS) is 19.2. The van der Waals surface area contributed by atoms with Crippen molar-refractivity contribution in [1.82, 2.24) is 9.80 Å². The van der Waals surface area contributed by atoms with E-state index in [0.717, 1.165) is 48.2 Å². The Morgan fingerprint density at radius 1 is 1.29 bits per heavy atom. The minimum Gasteiger partial charge on any atom is -0.326 e. The summed E-state index contributed by atoms with van der Waals surface area (Å²) < 4.78 is 13.8. The Labute approximate surface area is 164 Å². The van der Waals surface area contributed by atoms with Crippen LogP contribution >= 0.6 is 0 Å². The van der Waals surface area contributed by atoms with Crippen molar-refractivity contribution in [3.8, 4) is 17.3 Å². The predicted octanol–water partition coefficient (Wildman–Crippen LogP) is 3.57. The summed E-state index contributed by atoms with van der Waals surface area (Å²) in [5.41, 5.74) is 4.34. The van der Waals surface area contributed by atoms with Crippen LogP contribution in [0.5, 0.6) is 0 Å². The first-order chi connectivity index (χ1) is 13.5. The SMILES string of the molecule is CN1CCCC(C(=O)Nc2cc3c(c(-c4cccc(F)c4)c2)CN(C#N)C3)C1.